The van der Waals surface area contributed by atoms with Gasteiger partial charge in [-0.05, 0) is 75.6 Å². The van der Waals surface area contributed by atoms with Crippen LogP contribution in [0.15, 0.2) is 42.5 Å². The molecule has 2 bridgehead atoms. The molecule has 2 heterocycles. The van der Waals surface area contributed by atoms with Crippen LogP contribution < -0.4 is 20.7 Å². The van der Waals surface area contributed by atoms with Gasteiger partial charge in [0.15, 0.2) is 0 Å². The van der Waals surface area contributed by atoms with Crippen LogP contribution in [0, 0.1) is 18.7 Å². The number of amides is 3. The van der Waals surface area contributed by atoms with Gasteiger partial charge in [0.05, 0.1) is 18.2 Å². The molecule has 0 saturated carbocycles. The van der Waals surface area contributed by atoms with Crippen LogP contribution in [0.1, 0.15) is 63.6 Å². The summed E-state index contributed by atoms with van der Waals surface area (Å²) in [5.41, 5.74) is 1.88. The number of para-hydroxylation sites is 1. The molecule has 0 radical (unpaired) electrons. The molecule has 4 atom stereocenters. The number of halogens is 1. The lowest BCUT2D eigenvalue weighted by Crippen LogP contribution is -2.62. The minimum atomic E-state index is -1.52. The third-order valence-electron chi connectivity index (χ3n) is 8.27. The largest absolute Gasteiger partial charge is 0.489 e. The Labute approximate surface area is 260 Å². The number of benzene rings is 2. The maximum absolute atomic E-state index is 13.7. The number of nitrogens with zero attached hydrogens (tertiary/aromatic N) is 1. The maximum Gasteiger partial charge on any atom is 0.246 e. The molecule has 4 N–H and O–H groups in total. The fraction of sp³-hybridized carbons (Fsp3) is 0.559. The molecule has 10 heteroatoms. The van der Waals surface area contributed by atoms with E-state index in [2.05, 4.69) is 28.1 Å². The summed E-state index contributed by atoms with van der Waals surface area (Å²) in [5.74, 6) is -0.438. The molecule has 4 unspecified atom stereocenters. The van der Waals surface area contributed by atoms with Gasteiger partial charge in [-0.2, -0.15) is 0 Å². The number of hydrogen-bond acceptors (Lipinski definition) is 6. The topological polar surface area (TPSA) is 120 Å². The number of ether oxygens (including phenoxy) is 1. The minimum Gasteiger partial charge on any atom is -0.489 e. The summed E-state index contributed by atoms with van der Waals surface area (Å²) < 4.78 is 18.5. The highest BCUT2D eigenvalue weighted by Gasteiger charge is 2.41. The van der Waals surface area contributed by atoms with Crippen molar-refractivity contribution in [3.05, 3.63) is 65.0 Å². The molecule has 2 aliphatic rings. The van der Waals surface area contributed by atoms with Gasteiger partial charge in [-0.1, -0.05) is 56.2 Å². The molecule has 2 aliphatic heterocycles. The van der Waals surface area contributed by atoms with Gasteiger partial charge in [-0.3, -0.25) is 14.4 Å². The third-order valence-corrected chi connectivity index (χ3v) is 8.27. The van der Waals surface area contributed by atoms with Gasteiger partial charge in [-0.25, -0.2) is 4.39 Å². The van der Waals surface area contributed by atoms with Crippen LogP contribution >= 0.6 is 0 Å². The monoisotopic (exact) mass is 612 g/mol. The predicted molar refractivity (Wildman–Crippen MR) is 169 cm³/mol. The van der Waals surface area contributed by atoms with Gasteiger partial charge in [0.2, 0.25) is 17.7 Å². The van der Waals surface area contributed by atoms with E-state index in [4.69, 9.17) is 4.74 Å². The molecule has 0 aliphatic carbocycles. The van der Waals surface area contributed by atoms with E-state index in [0.29, 0.717) is 13.1 Å². The summed E-state index contributed by atoms with van der Waals surface area (Å²) in [6, 6.07) is 10.9. The average Bonchev–Trinajstić information content (AvgIpc) is 2.98. The number of likely N-dealkylation sites (N-methyl/N-ethyl adjacent to an activating group) is 1. The Morgan fingerprint density at radius 2 is 1.73 bits per heavy atom. The van der Waals surface area contributed by atoms with Crippen LogP contribution in [-0.2, 0) is 27.2 Å². The molecule has 4 rings (SSSR count). The lowest BCUT2D eigenvalue weighted by atomic mass is 9.92. The number of hydrogen-bond donors (Lipinski definition) is 4. The first-order valence-electron chi connectivity index (χ1n) is 15.6. The fourth-order valence-corrected chi connectivity index (χ4v) is 5.58. The second-order valence-corrected chi connectivity index (χ2v) is 12.4. The summed E-state index contributed by atoms with van der Waals surface area (Å²) in [5, 5.41) is 19.6. The van der Waals surface area contributed by atoms with E-state index in [9.17, 15) is 23.9 Å². The van der Waals surface area contributed by atoms with Crippen molar-refractivity contribution in [1.82, 2.24) is 20.9 Å². The number of nitrogens with one attached hydrogen (secondary N) is 3. The number of carbonyl (C=O) groups excluding carboxylic acids is 3. The Morgan fingerprint density at radius 3 is 2.34 bits per heavy atom. The second kappa shape index (κ2) is 16.0. The highest BCUT2D eigenvalue weighted by atomic mass is 19.1. The maximum atomic E-state index is 13.7. The smallest absolute Gasteiger partial charge is 0.246 e. The van der Waals surface area contributed by atoms with Gasteiger partial charge in [0.25, 0.3) is 0 Å². The van der Waals surface area contributed by atoms with Gasteiger partial charge >= 0.3 is 0 Å². The summed E-state index contributed by atoms with van der Waals surface area (Å²) in [6.07, 6.45) is 3.91. The van der Waals surface area contributed by atoms with E-state index in [1.165, 1.54) is 43.5 Å². The van der Waals surface area contributed by atoms with Gasteiger partial charge in [0.1, 0.15) is 23.7 Å². The average molecular weight is 613 g/mol. The lowest BCUT2D eigenvalue weighted by molar-refractivity contribution is -0.150. The first kappa shape index (κ1) is 35.0. The van der Waals surface area contributed by atoms with Crippen molar-refractivity contribution in [2.24, 2.45) is 5.92 Å². The quantitative estimate of drug-likeness (QED) is 0.423. The minimum absolute atomic E-state index is 0.00622. The number of aliphatic hydroxyl groups is 1. The molecule has 3 amide bonds. The molecule has 44 heavy (non-hydrogen) atoms. The van der Waals surface area contributed by atoms with Crippen LogP contribution in [-0.4, -0.2) is 78.2 Å². The molecule has 2 aromatic carbocycles. The van der Waals surface area contributed by atoms with E-state index >= 15 is 0 Å². The molecule has 0 saturated heterocycles. The van der Waals surface area contributed by atoms with Crippen molar-refractivity contribution >= 4 is 17.7 Å². The molecule has 242 valence electrons. The molecule has 0 spiro atoms. The van der Waals surface area contributed by atoms with Crippen molar-refractivity contribution in [2.75, 3.05) is 26.7 Å². The number of rotatable bonds is 3. The number of carbonyl (C=O) groups is 3. The number of aryl methyl sites for hydroxylation is 3. The molecule has 9 nitrogen and oxygen atoms in total. The Morgan fingerprint density at radius 1 is 1.07 bits per heavy atom. The highest BCUT2D eigenvalue weighted by molar-refractivity contribution is 5.92. The van der Waals surface area contributed by atoms with Crippen LogP contribution in [0.25, 0.3) is 0 Å². The summed E-state index contributed by atoms with van der Waals surface area (Å²) >= 11 is 0. The van der Waals surface area contributed by atoms with Gasteiger partial charge in [0, 0.05) is 20.1 Å². The zero-order chi connectivity index (χ0) is 32.4. The molecular formula is C34H49FN4O5. The fourth-order valence-electron chi connectivity index (χ4n) is 5.58. The first-order valence-corrected chi connectivity index (χ1v) is 15.6. The zero-order valence-electron chi connectivity index (χ0n) is 26.9. The SMILES string of the molecule is CCC(C)C1NCC2CCc3cccc(c3O2)CCCNC(=O)CNC(=O)C(C(C)(C)O)N(C)C1=O.Cc1ccc(F)cc1. The van der Waals surface area contributed by atoms with E-state index in [1.807, 2.05) is 26.8 Å². The molecule has 0 fully saturated rings. The van der Waals surface area contributed by atoms with Gasteiger partial charge in [-0.15, -0.1) is 0 Å². The van der Waals surface area contributed by atoms with Crippen LogP contribution in [0.2, 0.25) is 0 Å². The van der Waals surface area contributed by atoms with Crippen LogP contribution in [0.3, 0.4) is 0 Å². The Kier molecular flexibility index (Phi) is 12.7. The van der Waals surface area contributed by atoms with E-state index in [-0.39, 0.29) is 36.2 Å². The lowest BCUT2D eigenvalue weighted by Gasteiger charge is -2.39. The van der Waals surface area contributed by atoms with E-state index < -0.39 is 23.6 Å². The van der Waals surface area contributed by atoms with Gasteiger partial charge < -0.3 is 30.7 Å². The summed E-state index contributed by atoms with van der Waals surface area (Å²) in [7, 11) is 1.53. The highest BCUT2D eigenvalue weighted by Crippen LogP contribution is 2.32. The van der Waals surface area contributed by atoms with Crippen LogP contribution in [0.5, 0.6) is 5.75 Å². The van der Waals surface area contributed by atoms with Crippen molar-refractivity contribution in [3.8, 4) is 5.75 Å². The van der Waals surface area contributed by atoms with E-state index in [0.717, 1.165) is 49.0 Å². The summed E-state index contributed by atoms with van der Waals surface area (Å²) in [4.78, 5) is 40.4. The molecule has 0 aromatic heterocycles. The third kappa shape index (κ3) is 9.75. The van der Waals surface area contributed by atoms with Crippen LogP contribution in [0.4, 0.5) is 4.39 Å². The zero-order valence-corrected chi connectivity index (χ0v) is 26.9. The number of fused-ring (bicyclic) bond motifs is 1. The van der Waals surface area contributed by atoms with Crippen molar-refractivity contribution < 1.29 is 28.6 Å². The Hall–Kier alpha value is -3.50. The first-order chi connectivity index (χ1) is 20.8. The van der Waals surface area contributed by atoms with Crippen molar-refractivity contribution in [3.63, 3.8) is 0 Å². The van der Waals surface area contributed by atoms with Crippen molar-refractivity contribution in [2.45, 2.75) is 90.5 Å². The predicted octanol–water partition coefficient (Wildman–Crippen LogP) is 3.30. The Bertz CT molecular complexity index is 1240. The van der Waals surface area contributed by atoms with Crippen molar-refractivity contribution in [1.29, 1.82) is 0 Å². The normalized spacial score (nSPS) is 22.7. The van der Waals surface area contributed by atoms with E-state index in [1.54, 1.807) is 12.1 Å². The Balaban J connectivity index is 0.000000572. The molecule has 2 aromatic rings. The standard InChI is InChI=1S/C27H42N4O5.C7H7F/c1-6-17(2)22-26(34)31(5)24(27(3,4)35)25(33)30-16-21(32)28-14-8-11-18-9-7-10-19-12-13-20(15-29-22)36-23(18)19;1-6-2-4-7(8)5-3-6/h7,9-10,17,20,22,24,29,35H,6,8,11-16H2,1-5H3,(H,28,32)(H,30,33);2-5H,1H3. The summed E-state index contributed by atoms with van der Waals surface area (Å²) in [6.45, 7) is 9.65. The molecular weight excluding hydrogens is 563 g/mol. The second-order valence-electron chi connectivity index (χ2n) is 12.4.